The van der Waals surface area contributed by atoms with Gasteiger partial charge in [-0.15, -0.1) is 13.2 Å². The van der Waals surface area contributed by atoms with E-state index in [0.29, 0.717) is 6.08 Å². The van der Waals surface area contributed by atoms with Crippen LogP contribution in [0, 0.1) is 0 Å². The molecule has 1 atom stereocenters. The number of aryl methyl sites for hydroxylation is 1. The maximum Gasteiger partial charge on any atom is 0.573 e. The molecule has 0 saturated heterocycles. The molecular formula is C18H17F6NO8. The monoisotopic (exact) mass is 489 g/mol. The number of ether oxygens (including phenoxy) is 4. The van der Waals surface area contributed by atoms with Crippen LogP contribution in [0.5, 0.6) is 11.5 Å². The fraction of sp³-hybridized carbons (Fsp3) is 0.444. The van der Waals surface area contributed by atoms with Gasteiger partial charge in [-0.05, 0) is 30.2 Å². The Hall–Kier alpha value is -3.04. The van der Waals surface area contributed by atoms with Crippen LogP contribution in [0.3, 0.4) is 0 Å². The highest BCUT2D eigenvalue weighted by molar-refractivity contribution is 5.96. The Balaban J connectivity index is 2.27. The molecule has 2 rings (SSSR count). The van der Waals surface area contributed by atoms with Crippen molar-refractivity contribution in [1.29, 1.82) is 0 Å². The van der Waals surface area contributed by atoms with Gasteiger partial charge in [0.1, 0.15) is 11.5 Å². The van der Waals surface area contributed by atoms with E-state index in [1.807, 2.05) is 0 Å². The van der Waals surface area contributed by atoms with Crippen molar-refractivity contribution in [2.75, 3.05) is 13.4 Å². The number of hydrogen-bond acceptors (Lipinski definition) is 9. The minimum Gasteiger partial charge on any atom is -0.475 e. The lowest BCUT2D eigenvalue weighted by atomic mass is 9.97. The minimum atomic E-state index is -5.08. The molecule has 15 heteroatoms. The van der Waals surface area contributed by atoms with Crippen molar-refractivity contribution >= 4 is 18.0 Å². The van der Waals surface area contributed by atoms with E-state index < -0.39 is 55.1 Å². The predicted octanol–water partition coefficient (Wildman–Crippen LogP) is 3.20. The van der Waals surface area contributed by atoms with Crippen LogP contribution < -0.4 is 15.1 Å². The van der Waals surface area contributed by atoms with E-state index in [2.05, 4.69) is 19.0 Å². The summed E-state index contributed by atoms with van der Waals surface area (Å²) in [5.41, 5.74) is -0.0662. The summed E-state index contributed by atoms with van der Waals surface area (Å²) in [4.78, 5) is 27.8. The van der Waals surface area contributed by atoms with Crippen molar-refractivity contribution in [1.82, 2.24) is 5.64 Å². The second-order valence-electron chi connectivity index (χ2n) is 6.30. The molecular weight excluding hydrogens is 472 g/mol. The summed E-state index contributed by atoms with van der Waals surface area (Å²) in [5.74, 6) is -3.63. The zero-order valence-electron chi connectivity index (χ0n) is 16.7. The maximum absolute atomic E-state index is 13.5. The molecule has 0 amide bonds. The third-order valence-electron chi connectivity index (χ3n) is 4.03. The molecule has 33 heavy (non-hydrogen) atoms. The summed E-state index contributed by atoms with van der Waals surface area (Å²) in [6.07, 6.45) is -12.6. The fourth-order valence-electron chi connectivity index (χ4n) is 2.71. The maximum atomic E-state index is 13.5. The molecule has 1 aromatic rings. The number of benzene rings is 1. The quantitative estimate of drug-likeness (QED) is 0.178. The van der Waals surface area contributed by atoms with E-state index in [-0.39, 0.29) is 29.9 Å². The van der Waals surface area contributed by atoms with Gasteiger partial charge in [-0.25, -0.2) is 4.79 Å². The van der Waals surface area contributed by atoms with E-state index in [0.717, 1.165) is 12.1 Å². The van der Waals surface area contributed by atoms with E-state index in [4.69, 9.17) is 9.94 Å². The smallest absolute Gasteiger partial charge is 0.475 e. The largest absolute Gasteiger partial charge is 0.573 e. The van der Waals surface area contributed by atoms with Crippen LogP contribution in [0.1, 0.15) is 24.5 Å². The Bertz CT molecular complexity index is 899. The number of carbonyl (C=O) groups excluding carboxylic acids is 2. The van der Waals surface area contributed by atoms with Gasteiger partial charge in [0.25, 0.3) is 0 Å². The molecule has 0 spiro atoms. The van der Waals surface area contributed by atoms with E-state index in [1.165, 1.54) is 12.6 Å². The standard InChI is InChI=1S/C18H17F6NO8/c1-2-9-5-11(33-18(22,23)24)6-10-7-12(15(17(19,20)21)32-14(9)10)16(27)30-8-29-13(26)3-4-31-25-28/h5-7,15,25,28H,2-4,8H2,1H3. The summed E-state index contributed by atoms with van der Waals surface area (Å²) in [6, 6.07) is 1.64. The van der Waals surface area contributed by atoms with Crippen molar-refractivity contribution in [3.63, 3.8) is 0 Å². The van der Waals surface area contributed by atoms with E-state index >= 15 is 0 Å². The zero-order valence-corrected chi connectivity index (χ0v) is 16.7. The average Bonchev–Trinajstić information content (AvgIpc) is 2.70. The lowest BCUT2D eigenvalue weighted by Gasteiger charge is -2.29. The van der Waals surface area contributed by atoms with Gasteiger partial charge in [-0.1, -0.05) is 12.6 Å². The van der Waals surface area contributed by atoms with Gasteiger partial charge in [0.2, 0.25) is 12.9 Å². The van der Waals surface area contributed by atoms with E-state index in [1.54, 1.807) is 0 Å². The number of nitrogens with one attached hydrogen (secondary N) is 1. The van der Waals surface area contributed by atoms with Crippen LogP contribution in [0.25, 0.3) is 6.08 Å². The number of carbonyl (C=O) groups is 2. The van der Waals surface area contributed by atoms with Gasteiger partial charge in [0.05, 0.1) is 18.6 Å². The summed E-state index contributed by atoms with van der Waals surface area (Å²) < 4.78 is 96.1. The number of esters is 2. The molecule has 1 aliphatic heterocycles. The number of hydrogen-bond donors (Lipinski definition) is 2. The SMILES string of the molecule is CCc1cc(OC(F)(F)F)cc2c1OC(C(F)(F)F)C(C(=O)OCOC(=O)CCONO)=C2. The molecule has 0 saturated carbocycles. The average molecular weight is 489 g/mol. The Kier molecular flexibility index (Phi) is 8.51. The van der Waals surface area contributed by atoms with Crippen molar-refractivity contribution in [2.45, 2.75) is 38.4 Å². The first-order chi connectivity index (χ1) is 15.4. The fourth-order valence-corrected chi connectivity index (χ4v) is 2.71. The summed E-state index contributed by atoms with van der Waals surface area (Å²) >= 11 is 0. The lowest BCUT2D eigenvalue weighted by molar-refractivity contribution is -0.274. The number of halogens is 6. The molecule has 1 unspecified atom stereocenters. The van der Waals surface area contributed by atoms with E-state index in [9.17, 15) is 35.9 Å². The highest BCUT2D eigenvalue weighted by Crippen LogP contribution is 2.42. The van der Waals surface area contributed by atoms with Crippen molar-refractivity contribution in [2.24, 2.45) is 0 Å². The molecule has 0 radical (unpaired) electrons. The molecule has 0 bridgehead atoms. The number of rotatable bonds is 9. The van der Waals surface area contributed by atoms with Crippen LogP contribution in [0.4, 0.5) is 26.3 Å². The van der Waals surface area contributed by atoms with Crippen molar-refractivity contribution in [3.05, 3.63) is 28.8 Å². The van der Waals surface area contributed by atoms with Crippen LogP contribution in [0.2, 0.25) is 0 Å². The van der Waals surface area contributed by atoms with Gasteiger partial charge in [0.15, 0.2) is 0 Å². The first-order valence-electron chi connectivity index (χ1n) is 9.07. The third kappa shape index (κ3) is 7.50. The van der Waals surface area contributed by atoms with Crippen LogP contribution in [-0.2, 0) is 30.3 Å². The molecule has 1 heterocycles. The summed E-state index contributed by atoms with van der Waals surface area (Å²) in [6.45, 7) is 0.0934. The molecule has 0 aromatic heterocycles. The molecule has 184 valence electrons. The predicted molar refractivity (Wildman–Crippen MR) is 93.5 cm³/mol. The zero-order chi connectivity index (χ0) is 24.8. The Morgan fingerprint density at radius 3 is 2.42 bits per heavy atom. The second kappa shape index (κ2) is 10.7. The van der Waals surface area contributed by atoms with Crippen LogP contribution >= 0.6 is 0 Å². The van der Waals surface area contributed by atoms with Gasteiger partial charge in [0, 0.05) is 5.56 Å². The van der Waals surface area contributed by atoms with Crippen LogP contribution in [-0.4, -0.2) is 49.2 Å². The Morgan fingerprint density at radius 2 is 1.85 bits per heavy atom. The molecule has 0 fully saturated rings. The Labute approximate surface area is 181 Å². The topological polar surface area (TPSA) is 113 Å². The molecule has 2 N–H and O–H groups in total. The van der Waals surface area contributed by atoms with Gasteiger partial charge < -0.3 is 18.9 Å². The highest BCUT2D eigenvalue weighted by Gasteiger charge is 2.49. The normalized spacial score (nSPS) is 15.8. The molecule has 9 nitrogen and oxygen atoms in total. The Morgan fingerprint density at radius 1 is 1.15 bits per heavy atom. The first kappa shape index (κ1) is 26.2. The van der Waals surface area contributed by atoms with Crippen molar-refractivity contribution < 1.29 is 64.9 Å². The van der Waals surface area contributed by atoms with Gasteiger partial charge in [-0.3, -0.25) is 14.8 Å². The third-order valence-corrected chi connectivity index (χ3v) is 4.03. The number of fused-ring (bicyclic) bond motifs is 1. The highest BCUT2D eigenvalue weighted by atomic mass is 19.4. The van der Waals surface area contributed by atoms with Crippen LogP contribution in [0.15, 0.2) is 17.7 Å². The molecule has 0 aliphatic carbocycles. The van der Waals surface area contributed by atoms with Gasteiger partial charge in [-0.2, -0.15) is 13.2 Å². The summed E-state index contributed by atoms with van der Waals surface area (Å²) in [7, 11) is 0. The lowest BCUT2D eigenvalue weighted by Crippen LogP contribution is -2.41. The second-order valence-corrected chi connectivity index (χ2v) is 6.30. The molecule has 1 aliphatic rings. The first-order valence-corrected chi connectivity index (χ1v) is 9.07. The molecule has 1 aromatic carbocycles. The van der Waals surface area contributed by atoms with Gasteiger partial charge >= 0.3 is 24.5 Å². The van der Waals surface area contributed by atoms with Crippen molar-refractivity contribution in [3.8, 4) is 11.5 Å². The minimum absolute atomic E-state index is 0.00105. The summed E-state index contributed by atoms with van der Waals surface area (Å²) in [5, 5.41) is 8.17. The number of alkyl halides is 6.